The summed E-state index contributed by atoms with van der Waals surface area (Å²) in [6.45, 7) is 0. The Balaban J connectivity index is 3.29. The Morgan fingerprint density at radius 2 is 2.09 bits per heavy atom. The van der Waals surface area contributed by atoms with Crippen LogP contribution in [-0.2, 0) is 5.88 Å². The summed E-state index contributed by atoms with van der Waals surface area (Å²) in [7, 11) is 0. The molecule has 0 aliphatic heterocycles. The molecule has 1 nitrogen and oxygen atoms in total. The van der Waals surface area contributed by atoms with Gasteiger partial charge in [0.05, 0.1) is 15.4 Å². The van der Waals surface area contributed by atoms with Crippen LogP contribution in [0, 0.1) is 0 Å². The Labute approximate surface area is 87.8 Å². The van der Waals surface area contributed by atoms with Crippen molar-refractivity contribution < 1.29 is 0 Å². The van der Waals surface area contributed by atoms with Gasteiger partial charge in [0.2, 0.25) is 0 Å². The molecule has 5 heteroatoms. The normalized spacial score (nSPS) is 10.2. The van der Waals surface area contributed by atoms with E-state index in [0.717, 1.165) is 5.56 Å². The first-order valence-electron chi connectivity index (χ1n) is 2.71. The highest BCUT2D eigenvalue weighted by Crippen LogP contribution is 2.30. The van der Waals surface area contributed by atoms with E-state index in [4.69, 9.17) is 34.8 Å². The summed E-state index contributed by atoms with van der Waals surface area (Å²) in [5.74, 6) is 0.321. The Hall–Kier alpha value is 0.500. The van der Waals surface area contributed by atoms with Crippen molar-refractivity contribution in [1.82, 2.24) is 4.98 Å². The van der Waals surface area contributed by atoms with Crippen LogP contribution < -0.4 is 0 Å². The van der Waals surface area contributed by atoms with E-state index in [0.29, 0.717) is 20.5 Å². The topological polar surface area (TPSA) is 12.9 Å². The highest BCUT2D eigenvalue weighted by Gasteiger charge is 2.08. The molecule has 1 aromatic rings. The maximum Gasteiger partial charge on any atom is 0.143 e. The largest absolute Gasteiger partial charge is 0.242 e. The lowest BCUT2D eigenvalue weighted by molar-refractivity contribution is 1.24. The van der Waals surface area contributed by atoms with Crippen LogP contribution >= 0.6 is 50.7 Å². The maximum atomic E-state index is 5.77. The van der Waals surface area contributed by atoms with E-state index < -0.39 is 0 Å². The number of alkyl halides is 1. The minimum Gasteiger partial charge on any atom is -0.242 e. The lowest BCUT2D eigenvalue weighted by atomic mass is 10.3. The molecule has 0 spiro atoms. The maximum absolute atomic E-state index is 5.77. The fourth-order valence-corrected chi connectivity index (χ4v) is 2.05. The van der Waals surface area contributed by atoms with Crippen LogP contribution in [0.5, 0.6) is 0 Å². The first-order chi connectivity index (χ1) is 5.16. The molecule has 0 fully saturated rings. The van der Waals surface area contributed by atoms with E-state index in [1.54, 1.807) is 0 Å². The van der Waals surface area contributed by atoms with Crippen molar-refractivity contribution >= 4 is 50.7 Å². The fourth-order valence-electron chi connectivity index (χ4n) is 0.600. The van der Waals surface area contributed by atoms with E-state index in [2.05, 4.69) is 20.9 Å². The smallest absolute Gasteiger partial charge is 0.143 e. The predicted molar refractivity (Wildman–Crippen MR) is 51.5 cm³/mol. The molecule has 1 aromatic heterocycles. The van der Waals surface area contributed by atoms with Gasteiger partial charge < -0.3 is 0 Å². The van der Waals surface area contributed by atoms with Crippen molar-refractivity contribution in [3.05, 3.63) is 26.4 Å². The van der Waals surface area contributed by atoms with Crippen LogP contribution in [0.4, 0.5) is 0 Å². The van der Waals surface area contributed by atoms with Crippen LogP contribution in [0.1, 0.15) is 5.56 Å². The predicted octanol–water partition coefficient (Wildman–Crippen LogP) is 3.89. The molecule has 1 heterocycles. The summed E-state index contributed by atoms with van der Waals surface area (Å²) in [6.07, 6.45) is 1.48. The van der Waals surface area contributed by atoms with Crippen LogP contribution in [0.3, 0.4) is 0 Å². The molecule has 0 amide bonds. The van der Waals surface area contributed by atoms with E-state index in [9.17, 15) is 0 Å². The molecule has 0 aromatic carbocycles. The average molecular weight is 275 g/mol. The summed E-state index contributed by atoms with van der Waals surface area (Å²) >= 11 is 20.3. The van der Waals surface area contributed by atoms with Gasteiger partial charge in [-0.25, -0.2) is 4.98 Å². The third-order valence-electron chi connectivity index (χ3n) is 1.16. The molecule has 0 radical (unpaired) electrons. The van der Waals surface area contributed by atoms with Crippen LogP contribution in [0.2, 0.25) is 10.2 Å². The highest BCUT2D eigenvalue weighted by atomic mass is 79.9. The van der Waals surface area contributed by atoms with Gasteiger partial charge in [0.25, 0.3) is 0 Å². The van der Waals surface area contributed by atoms with Gasteiger partial charge in [-0.05, 0) is 15.9 Å². The number of halogens is 4. The molecule has 11 heavy (non-hydrogen) atoms. The fraction of sp³-hybridized carbons (Fsp3) is 0.167. The zero-order valence-electron chi connectivity index (χ0n) is 5.24. The third kappa shape index (κ3) is 2.00. The Kier molecular flexibility index (Phi) is 3.44. The number of rotatable bonds is 1. The second-order valence-electron chi connectivity index (χ2n) is 1.82. The summed E-state index contributed by atoms with van der Waals surface area (Å²) < 4.78 is 0.668. The second-order valence-corrected chi connectivity index (χ2v) is 3.65. The number of aromatic nitrogens is 1. The van der Waals surface area contributed by atoms with E-state index in [1.807, 2.05) is 0 Å². The lowest BCUT2D eigenvalue weighted by Crippen LogP contribution is -1.86. The van der Waals surface area contributed by atoms with Gasteiger partial charge >= 0.3 is 0 Å². The molecule has 0 aliphatic rings. The van der Waals surface area contributed by atoms with Gasteiger partial charge in [0, 0.05) is 11.8 Å². The Morgan fingerprint density at radius 3 is 2.55 bits per heavy atom. The number of pyridine rings is 1. The van der Waals surface area contributed by atoms with Gasteiger partial charge in [0.1, 0.15) is 5.15 Å². The Morgan fingerprint density at radius 1 is 1.45 bits per heavy atom. The molecule has 0 atom stereocenters. The minimum absolute atomic E-state index is 0.321. The highest BCUT2D eigenvalue weighted by molar-refractivity contribution is 9.10. The van der Waals surface area contributed by atoms with E-state index >= 15 is 0 Å². The molecule has 0 saturated heterocycles. The summed E-state index contributed by atoms with van der Waals surface area (Å²) in [4.78, 5) is 3.81. The van der Waals surface area contributed by atoms with Gasteiger partial charge in [-0.15, -0.1) is 11.6 Å². The zero-order valence-corrected chi connectivity index (χ0v) is 9.10. The minimum atomic E-state index is 0.321. The number of nitrogens with zero attached hydrogens (tertiary/aromatic N) is 1. The summed E-state index contributed by atoms with van der Waals surface area (Å²) in [5.41, 5.74) is 0.772. The van der Waals surface area contributed by atoms with Gasteiger partial charge in [0.15, 0.2) is 0 Å². The molecule has 0 aliphatic carbocycles. The van der Waals surface area contributed by atoms with Crippen molar-refractivity contribution in [2.24, 2.45) is 0 Å². The van der Waals surface area contributed by atoms with Gasteiger partial charge in [-0.2, -0.15) is 0 Å². The molecule has 0 N–H and O–H groups in total. The molecular weight excluding hydrogens is 272 g/mol. The van der Waals surface area contributed by atoms with E-state index in [-0.39, 0.29) is 0 Å². The summed E-state index contributed by atoms with van der Waals surface area (Å²) in [5, 5.41) is 0.904. The second kappa shape index (κ2) is 3.94. The quantitative estimate of drug-likeness (QED) is 0.559. The van der Waals surface area contributed by atoms with Crippen LogP contribution in [0.15, 0.2) is 10.7 Å². The molecule has 60 valence electrons. The molecule has 1 rings (SSSR count). The first kappa shape index (κ1) is 9.59. The molecular formula is C6H3BrCl3N. The molecule has 0 bridgehead atoms. The van der Waals surface area contributed by atoms with E-state index in [1.165, 1.54) is 6.20 Å². The van der Waals surface area contributed by atoms with Crippen molar-refractivity contribution in [3.63, 3.8) is 0 Å². The summed E-state index contributed by atoms with van der Waals surface area (Å²) in [6, 6.07) is 0. The Bertz CT molecular complexity index is 277. The van der Waals surface area contributed by atoms with Crippen molar-refractivity contribution in [2.75, 3.05) is 0 Å². The van der Waals surface area contributed by atoms with Gasteiger partial charge in [-0.1, -0.05) is 23.2 Å². The van der Waals surface area contributed by atoms with Gasteiger partial charge in [-0.3, -0.25) is 0 Å². The first-order valence-corrected chi connectivity index (χ1v) is 4.79. The standard InChI is InChI=1S/C6H3BrCl3N/c7-5-3(1-8)4(9)2-11-6(5)10/h2H,1H2. The number of hydrogen-bond acceptors (Lipinski definition) is 1. The van der Waals surface area contributed by atoms with Crippen LogP contribution in [0.25, 0.3) is 0 Å². The third-order valence-corrected chi connectivity index (χ3v) is 3.12. The van der Waals surface area contributed by atoms with Crippen molar-refractivity contribution in [3.8, 4) is 0 Å². The monoisotopic (exact) mass is 273 g/mol. The SMILES string of the molecule is ClCc1c(Cl)cnc(Cl)c1Br. The van der Waals surface area contributed by atoms with Crippen LogP contribution in [-0.4, -0.2) is 4.98 Å². The zero-order chi connectivity index (χ0) is 8.43. The average Bonchev–Trinajstić information content (AvgIpc) is 1.99. The number of hydrogen-bond donors (Lipinski definition) is 0. The van der Waals surface area contributed by atoms with Crippen molar-refractivity contribution in [1.29, 1.82) is 0 Å². The molecule has 0 saturated carbocycles. The lowest BCUT2D eigenvalue weighted by Gasteiger charge is -2.02. The molecule has 0 unspecified atom stereocenters. The van der Waals surface area contributed by atoms with Crippen molar-refractivity contribution in [2.45, 2.75) is 5.88 Å².